The molecule has 8 nitrogen and oxygen atoms in total. The van der Waals surface area contributed by atoms with Crippen molar-refractivity contribution in [3.63, 3.8) is 0 Å². The smallest absolute Gasteiger partial charge is 0.266 e. The fourth-order valence-electron chi connectivity index (χ4n) is 4.38. The molecule has 2 aromatic rings. The van der Waals surface area contributed by atoms with Gasteiger partial charge in [-0.2, -0.15) is 0 Å². The van der Waals surface area contributed by atoms with Crippen LogP contribution in [0.3, 0.4) is 0 Å². The van der Waals surface area contributed by atoms with Crippen LogP contribution in [0.2, 0.25) is 0 Å². The van der Waals surface area contributed by atoms with Gasteiger partial charge in [-0.15, -0.1) is 0 Å². The number of rotatable bonds is 11. The number of nitrogens with one attached hydrogen (secondary N) is 2. The van der Waals surface area contributed by atoms with Gasteiger partial charge < -0.3 is 0 Å². The second kappa shape index (κ2) is 16.5. The molecule has 0 unspecified atom stereocenters. The topological polar surface area (TPSA) is 98.8 Å². The molecule has 0 spiro atoms. The summed E-state index contributed by atoms with van der Waals surface area (Å²) in [5.74, 6) is -1.30. The van der Waals surface area contributed by atoms with E-state index in [1.165, 1.54) is 33.3 Å². The highest BCUT2D eigenvalue weighted by Crippen LogP contribution is 2.33. The molecule has 12 heteroatoms. The molecule has 0 aliphatic carbocycles. The molecular weight excluding hydrogens is 645 g/mol. The van der Waals surface area contributed by atoms with E-state index < -0.39 is 11.8 Å². The van der Waals surface area contributed by atoms with E-state index in [-0.39, 0.29) is 37.7 Å². The maximum atomic E-state index is 12.9. The Balaban J connectivity index is 1.17. The van der Waals surface area contributed by atoms with Crippen molar-refractivity contribution < 1.29 is 19.2 Å². The predicted molar refractivity (Wildman–Crippen MR) is 190 cm³/mol. The van der Waals surface area contributed by atoms with Gasteiger partial charge in [0.15, 0.2) is 0 Å². The summed E-state index contributed by atoms with van der Waals surface area (Å²) < 4.78 is 0.823. The predicted octanol–water partition coefficient (Wildman–Crippen LogP) is 6.00. The number of amides is 4. The lowest BCUT2D eigenvalue weighted by atomic mass is 10.1. The minimum atomic E-state index is -0.456. The first-order valence-corrected chi connectivity index (χ1v) is 16.6. The molecular formula is C33H32N4O4S4. The van der Waals surface area contributed by atoms with Crippen LogP contribution in [-0.2, 0) is 19.2 Å². The van der Waals surface area contributed by atoms with Crippen LogP contribution in [0.25, 0.3) is 12.2 Å². The minimum absolute atomic E-state index is 0.0418. The second-order valence-corrected chi connectivity index (χ2v) is 13.6. The molecule has 2 aliphatic rings. The first-order valence-electron chi connectivity index (χ1n) is 14.2. The van der Waals surface area contributed by atoms with E-state index in [4.69, 9.17) is 24.4 Å². The highest BCUT2D eigenvalue weighted by Gasteiger charge is 2.33. The van der Waals surface area contributed by atoms with Crippen LogP contribution in [0, 0.1) is 0 Å². The van der Waals surface area contributed by atoms with Crippen molar-refractivity contribution in [2.24, 2.45) is 0 Å². The molecule has 2 heterocycles. The summed E-state index contributed by atoms with van der Waals surface area (Å²) in [4.78, 5) is 54.4. The van der Waals surface area contributed by atoms with E-state index in [2.05, 4.69) is 10.9 Å². The van der Waals surface area contributed by atoms with Crippen LogP contribution < -0.4 is 10.9 Å². The molecule has 2 aliphatic heterocycles. The van der Waals surface area contributed by atoms with E-state index in [0.29, 0.717) is 24.9 Å². The third-order valence-electron chi connectivity index (χ3n) is 6.54. The third kappa shape index (κ3) is 10.1. The van der Waals surface area contributed by atoms with Crippen molar-refractivity contribution in [2.45, 2.75) is 33.1 Å². The van der Waals surface area contributed by atoms with Crippen molar-refractivity contribution in [3.8, 4) is 0 Å². The molecule has 2 fully saturated rings. The molecule has 2 aromatic carbocycles. The Labute approximate surface area is 282 Å². The van der Waals surface area contributed by atoms with Crippen molar-refractivity contribution in [2.75, 3.05) is 13.1 Å². The number of carbonyl (C=O) groups is 4. The molecule has 0 saturated carbocycles. The Kier molecular flexibility index (Phi) is 12.5. The Hall–Kier alpha value is -3.84. The summed E-state index contributed by atoms with van der Waals surface area (Å²) in [6.07, 6.45) is 7.97. The Bertz CT molecular complexity index is 1620. The largest absolute Gasteiger partial charge is 0.293 e. The molecule has 0 atom stereocenters. The summed E-state index contributed by atoms with van der Waals surface area (Å²) in [6.45, 7) is 4.21. The monoisotopic (exact) mass is 676 g/mol. The first kappa shape index (κ1) is 34.0. The maximum absolute atomic E-state index is 12.9. The number of hydrogen-bond acceptors (Lipinski definition) is 8. The van der Waals surface area contributed by atoms with E-state index in [9.17, 15) is 19.2 Å². The normalized spacial score (nSPS) is 17.6. The van der Waals surface area contributed by atoms with E-state index in [1.807, 2.05) is 92.7 Å². The SMILES string of the molecule is CC(=Cc1ccccc1)C=C1SC(=S)N(CCCC(=O)NNC(=O)CCN2C(=O)C(=CC(C)=Cc3ccccc3)SC2=S)C1=O. The Morgan fingerprint density at radius 2 is 1.11 bits per heavy atom. The second-order valence-electron chi connectivity index (χ2n) is 10.2. The number of benzene rings is 2. The number of hydrogen-bond donors (Lipinski definition) is 2. The van der Waals surface area contributed by atoms with Gasteiger partial charge in [-0.25, -0.2) is 0 Å². The zero-order valence-corrected chi connectivity index (χ0v) is 28.0. The molecule has 0 aromatic heterocycles. The highest BCUT2D eigenvalue weighted by molar-refractivity contribution is 8.27. The van der Waals surface area contributed by atoms with Crippen LogP contribution in [0.4, 0.5) is 0 Å². The van der Waals surface area contributed by atoms with Gasteiger partial charge in [0, 0.05) is 25.9 Å². The molecule has 0 radical (unpaired) electrons. The average Bonchev–Trinajstić information content (AvgIpc) is 3.43. The quantitative estimate of drug-likeness (QED) is 0.170. The fraction of sp³-hybridized carbons (Fsp3) is 0.212. The number of nitrogens with zero attached hydrogens (tertiary/aromatic N) is 2. The number of hydrazine groups is 1. The fourth-order valence-corrected chi connectivity index (χ4v) is 7.10. The third-order valence-corrected chi connectivity index (χ3v) is 9.30. The summed E-state index contributed by atoms with van der Waals surface area (Å²) in [5, 5.41) is 0. The number of carbonyl (C=O) groups excluding carboxylic acids is 4. The molecule has 4 rings (SSSR count). The summed E-state index contributed by atoms with van der Waals surface area (Å²) in [6, 6.07) is 19.6. The van der Waals surface area contributed by atoms with Crippen LogP contribution in [-0.4, -0.2) is 55.2 Å². The summed E-state index contributed by atoms with van der Waals surface area (Å²) in [7, 11) is 0. The van der Waals surface area contributed by atoms with E-state index >= 15 is 0 Å². The van der Waals surface area contributed by atoms with Gasteiger partial charge in [-0.05, 0) is 54.7 Å². The summed E-state index contributed by atoms with van der Waals surface area (Å²) in [5.41, 5.74) is 8.65. The molecule has 45 heavy (non-hydrogen) atoms. The Morgan fingerprint density at radius 3 is 1.58 bits per heavy atom. The zero-order valence-electron chi connectivity index (χ0n) is 24.8. The van der Waals surface area contributed by atoms with Crippen LogP contribution in [0.1, 0.15) is 44.2 Å². The number of thioether (sulfide) groups is 2. The number of thiocarbonyl (C=S) groups is 2. The first-order chi connectivity index (χ1) is 21.6. The van der Waals surface area contributed by atoms with Gasteiger partial charge in [0.2, 0.25) is 11.8 Å². The van der Waals surface area contributed by atoms with Gasteiger partial charge in [-0.3, -0.25) is 39.8 Å². The maximum Gasteiger partial charge on any atom is 0.266 e. The van der Waals surface area contributed by atoms with Crippen LogP contribution >= 0.6 is 48.0 Å². The molecule has 2 N–H and O–H groups in total. The van der Waals surface area contributed by atoms with Gasteiger partial charge in [0.25, 0.3) is 11.8 Å². The van der Waals surface area contributed by atoms with Crippen LogP contribution in [0.5, 0.6) is 0 Å². The van der Waals surface area contributed by atoms with Gasteiger partial charge in [-0.1, -0.05) is 121 Å². The van der Waals surface area contributed by atoms with Crippen LogP contribution in [0.15, 0.2) is 93.8 Å². The van der Waals surface area contributed by atoms with Crippen molar-refractivity contribution in [3.05, 3.63) is 105 Å². The zero-order chi connectivity index (χ0) is 32.3. The van der Waals surface area contributed by atoms with Crippen molar-refractivity contribution >= 4 is 92.4 Å². The van der Waals surface area contributed by atoms with Gasteiger partial charge in [0.05, 0.1) is 9.81 Å². The lowest BCUT2D eigenvalue weighted by molar-refractivity contribution is -0.129. The van der Waals surface area contributed by atoms with E-state index in [0.717, 1.165) is 22.3 Å². The standard InChI is InChI=1S/C33H32N4O4S4/c1-22(18-24-10-5-3-6-11-24)20-26-30(40)36(32(42)44-26)16-9-14-28(38)34-35-29(39)15-17-37-31(41)27(45-33(37)43)21-23(2)19-25-12-7-4-8-13-25/h3-8,10-13,18-21H,9,14-17H2,1-2H3,(H,34,38)(H,35,39). The lowest BCUT2D eigenvalue weighted by Crippen LogP contribution is -2.43. The molecule has 0 bridgehead atoms. The van der Waals surface area contributed by atoms with Gasteiger partial charge >= 0.3 is 0 Å². The minimum Gasteiger partial charge on any atom is -0.293 e. The van der Waals surface area contributed by atoms with Gasteiger partial charge in [0.1, 0.15) is 8.64 Å². The van der Waals surface area contributed by atoms with E-state index in [1.54, 1.807) is 6.08 Å². The average molecular weight is 677 g/mol. The lowest BCUT2D eigenvalue weighted by Gasteiger charge is -2.15. The Morgan fingerprint density at radius 1 is 0.689 bits per heavy atom. The summed E-state index contributed by atoms with van der Waals surface area (Å²) >= 11 is 13.2. The highest BCUT2D eigenvalue weighted by atomic mass is 32.2. The molecule has 2 saturated heterocycles. The molecule has 4 amide bonds. The van der Waals surface area contributed by atoms with Crippen molar-refractivity contribution in [1.29, 1.82) is 0 Å². The van der Waals surface area contributed by atoms with Crippen molar-refractivity contribution in [1.82, 2.24) is 20.7 Å². The molecule has 232 valence electrons. The number of allylic oxidation sites excluding steroid dienone is 4.